The molecule has 1 saturated heterocycles. The van der Waals surface area contributed by atoms with Crippen LogP contribution < -0.4 is 0 Å². The summed E-state index contributed by atoms with van der Waals surface area (Å²) in [5, 5.41) is 0. The second-order valence-corrected chi connectivity index (χ2v) is 4.88. The largest absolute Gasteiger partial charge is 0.372 e. The highest BCUT2D eigenvalue weighted by molar-refractivity contribution is 5.92. The van der Waals surface area contributed by atoms with Crippen LogP contribution in [0.4, 0.5) is 0 Å². The van der Waals surface area contributed by atoms with Crippen LogP contribution >= 0.6 is 0 Å². The van der Waals surface area contributed by atoms with Gasteiger partial charge in [-0.1, -0.05) is 0 Å². The predicted octanol–water partition coefficient (Wildman–Crippen LogP) is 1.04. The Morgan fingerprint density at radius 2 is 2.18 bits per heavy atom. The van der Waals surface area contributed by atoms with Crippen molar-refractivity contribution in [1.29, 1.82) is 0 Å². The Bertz CT molecular complexity index is 414. The van der Waals surface area contributed by atoms with Crippen LogP contribution in [0, 0.1) is 6.92 Å². The fraction of sp³-hybridized carbons (Fsp3) is 0.583. The summed E-state index contributed by atoms with van der Waals surface area (Å²) in [5.74, 6) is -0.0751. The van der Waals surface area contributed by atoms with Crippen LogP contribution in [0.1, 0.15) is 30.0 Å². The number of hydrogen-bond donors (Lipinski definition) is 0. The summed E-state index contributed by atoms with van der Waals surface area (Å²) in [4.78, 5) is 22.1. The molecule has 0 radical (unpaired) electrons. The zero-order valence-electron chi connectivity index (χ0n) is 10.4. The van der Waals surface area contributed by atoms with Crippen LogP contribution in [0.5, 0.6) is 0 Å². The van der Waals surface area contributed by atoms with Gasteiger partial charge >= 0.3 is 0 Å². The van der Waals surface area contributed by atoms with Crippen molar-refractivity contribution in [3.8, 4) is 0 Å². The van der Waals surface area contributed by atoms with Gasteiger partial charge in [-0.3, -0.25) is 9.78 Å². The Labute approximate surface area is 101 Å². The van der Waals surface area contributed by atoms with Crippen LogP contribution in [-0.4, -0.2) is 46.1 Å². The van der Waals surface area contributed by atoms with E-state index in [9.17, 15) is 4.79 Å². The maximum Gasteiger partial charge on any atom is 0.274 e. The molecule has 2 heterocycles. The van der Waals surface area contributed by atoms with Gasteiger partial charge < -0.3 is 9.64 Å². The molecule has 1 amide bonds. The number of aromatic nitrogens is 2. The molecule has 0 spiro atoms. The van der Waals surface area contributed by atoms with Crippen molar-refractivity contribution in [2.24, 2.45) is 0 Å². The van der Waals surface area contributed by atoms with Crippen molar-refractivity contribution in [2.45, 2.75) is 26.4 Å². The summed E-state index contributed by atoms with van der Waals surface area (Å²) in [6.45, 7) is 7.57. The van der Waals surface area contributed by atoms with Crippen LogP contribution in [-0.2, 0) is 4.74 Å². The number of amides is 1. The van der Waals surface area contributed by atoms with Crippen molar-refractivity contribution in [3.63, 3.8) is 0 Å². The van der Waals surface area contributed by atoms with Crippen molar-refractivity contribution in [2.75, 3.05) is 19.7 Å². The first kappa shape index (κ1) is 12.0. The normalized spacial score (nSPS) is 19.1. The second-order valence-electron chi connectivity index (χ2n) is 4.88. The monoisotopic (exact) mass is 235 g/mol. The Morgan fingerprint density at radius 3 is 2.76 bits per heavy atom. The first-order valence-corrected chi connectivity index (χ1v) is 5.70. The highest BCUT2D eigenvalue weighted by atomic mass is 16.5. The van der Waals surface area contributed by atoms with E-state index in [2.05, 4.69) is 9.97 Å². The lowest BCUT2D eigenvalue weighted by Crippen LogP contribution is -2.50. The van der Waals surface area contributed by atoms with E-state index in [1.165, 1.54) is 6.20 Å². The fourth-order valence-electron chi connectivity index (χ4n) is 1.85. The van der Waals surface area contributed by atoms with E-state index in [1.807, 2.05) is 20.8 Å². The zero-order chi connectivity index (χ0) is 12.5. The Balaban J connectivity index is 2.12. The van der Waals surface area contributed by atoms with Crippen LogP contribution in [0.25, 0.3) is 0 Å². The van der Waals surface area contributed by atoms with Gasteiger partial charge in [-0.15, -0.1) is 0 Å². The first-order valence-electron chi connectivity index (χ1n) is 5.70. The van der Waals surface area contributed by atoms with E-state index in [0.717, 1.165) is 5.69 Å². The highest BCUT2D eigenvalue weighted by Gasteiger charge is 2.30. The molecule has 5 heteroatoms. The summed E-state index contributed by atoms with van der Waals surface area (Å²) in [6, 6.07) is 0. The van der Waals surface area contributed by atoms with Gasteiger partial charge in [-0.2, -0.15) is 0 Å². The number of aryl methyl sites for hydroxylation is 1. The van der Waals surface area contributed by atoms with Gasteiger partial charge in [-0.05, 0) is 20.8 Å². The van der Waals surface area contributed by atoms with Gasteiger partial charge in [0, 0.05) is 19.3 Å². The third kappa shape index (κ3) is 2.79. The summed E-state index contributed by atoms with van der Waals surface area (Å²) in [5.41, 5.74) is 0.920. The minimum atomic E-state index is -0.286. The maximum atomic E-state index is 12.2. The van der Waals surface area contributed by atoms with Crippen LogP contribution in [0.3, 0.4) is 0 Å². The second kappa shape index (κ2) is 4.41. The Morgan fingerprint density at radius 1 is 1.41 bits per heavy atom. The average molecular weight is 235 g/mol. The average Bonchev–Trinajstić information content (AvgIpc) is 2.28. The Hall–Kier alpha value is -1.49. The lowest BCUT2D eigenvalue weighted by atomic mass is 10.1. The molecule has 1 aromatic heterocycles. The molecule has 0 N–H and O–H groups in total. The molecule has 0 saturated carbocycles. The maximum absolute atomic E-state index is 12.2. The summed E-state index contributed by atoms with van der Waals surface area (Å²) in [7, 11) is 0. The van der Waals surface area contributed by atoms with E-state index >= 15 is 0 Å². The number of carbonyl (C=O) groups is 1. The topological polar surface area (TPSA) is 55.3 Å². The van der Waals surface area contributed by atoms with Gasteiger partial charge in [0.15, 0.2) is 0 Å². The standard InChI is InChI=1S/C12H17N3O2/c1-9-6-14-10(7-13-9)11(16)15-4-5-17-12(2,3)8-15/h6-7H,4-5,8H2,1-3H3. The van der Waals surface area contributed by atoms with Gasteiger partial charge in [0.05, 0.1) is 24.1 Å². The molecule has 1 fully saturated rings. The van der Waals surface area contributed by atoms with E-state index in [1.54, 1.807) is 11.1 Å². The Kier molecular flexibility index (Phi) is 3.11. The van der Waals surface area contributed by atoms with Crippen molar-refractivity contribution in [3.05, 3.63) is 23.8 Å². The molecule has 0 atom stereocenters. The van der Waals surface area contributed by atoms with Crippen molar-refractivity contribution < 1.29 is 9.53 Å². The molecule has 2 rings (SSSR count). The van der Waals surface area contributed by atoms with Gasteiger partial charge in [0.2, 0.25) is 0 Å². The molecule has 1 aliphatic heterocycles. The molecule has 0 unspecified atom stereocenters. The molecule has 1 aromatic rings. The molecule has 92 valence electrons. The number of nitrogens with zero attached hydrogens (tertiary/aromatic N) is 3. The predicted molar refractivity (Wildman–Crippen MR) is 62.7 cm³/mol. The molecular weight excluding hydrogens is 218 g/mol. The molecule has 1 aliphatic rings. The van der Waals surface area contributed by atoms with Gasteiger partial charge in [0.25, 0.3) is 5.91 Å². The molecule has 0 aromatic carbocycles. The molecule has 17 heavy (non-hydrogen) atoms. The SMILES string of the molecule is Cc1cnc(C(=O)N2CCOC(C)(C)C2)cn1. The highest BCUT2D eigenvalue weighted by Crippen LogP contribution is 2.17. The van der Waals surface area contributed by atoms with Crippen LogP contribution in [0.2, 0.25) is 0 Å². The van der Waals surface area contributed by atoms with E-state index < -0.39 is 0 Å². The van der Waals surface area contributed by atoms with Crippen molar-refractivity contribution >= 4 is 5.91 Å². The number of carbonyl (C=O) groups excluding carboxylic acids is 1. The summed E-state index contributed by atoms with van der Waals surface area (Å²) < 4.78 is 5.57. The number of hydrogen-bond acceptors (Lipinski definition) is 4. The number of morpholine rings is 1. The van der Waals surface area contributed by atoms with E-state index in [-0.39, 0.29) is 11.5 Å². The minimum Gasteiger partial charge on any atom is -0.372 e. The van der Waals surface area contributed by atoms with E-state index in [4.69, 9.17) is 4.74 Å². The lowest BCUT2D eigenvalue weighted by Gasteiger charge is -2.37. The quantitative estimate of drug-likeness (QED) is 0.729. The zero-order valence-corrected chi connectivity index (χ0v) is 10.4. The fourth-order valence-corrected chi connectivity index (χ4v) is 1.85. The van der Waals surface area contributed by atoms with Gasteiger partial charge in [0.1, 0.15) is 5.69 Å². The molecular formula is C12H17N3O2. The summed E-state index contributed by atoms with van der Waals surface area (Å²) in [6.07, 6.45) is 3.14. The van der Waals surface area contributed by atoms with Crippen LogP contribution in [0.15, 0.2) is 12.4 Å². The molecule has 0 aliphatic carbocycles. The van der Waals surface area contributed by atoms with E-state index in [0.29, 0.717) is 25.4 Å². The number of ether oxygens (including phenoxy) is 1. The smallest absolute Gasteiger partial charge is 0.274 e. The minimum absolute atomic E-state index is 0.0751. The van der Waals surface area contributed by atoms with Gasteiger partial charge in [-0.25, -0.2) is 4.98 Å². The summed E-state index contributed by atoms with van der Waals surface area (Å²) >= 11 is 0. The van der Waals surface area contributed by atoms with Crippen molar-refractivity contribution in [1.82, 2.24) is 14.9 Å². The third-order valence-electron chi connectivity index (χ3n) is 2.71. The lowest BCUT2D eigenvalue weighted by molar-refractivity contribution is -0.0765. The number of rotatable bonds is 1. The third-order valence-corrected chi connectivity index (χ3v) is 2.71. The molecule has 5 nitrogen and oxygen atoms in total. The first-order chi connectivity index (χ1) is 7.98. The molecule has 0 bridgehead atoms.